The topological polar surface area (TPSA) is 86.8 Å². The van der Waals surface area contributed by atoms with Crippen LogP contribution in [0.15, 0.2) is 71.6 Å². The molecule has 1 N–H and O–H groups in total. The van der Waals surface area contributed by atoms with E-state index in [9.17, 15) is 18.0 Å². The number of hydrogen-bond donors (Lipinski definition) is 1. The fraction of sp³-hybridized carbons (Fsp3) is 0.355. The summed E-state index contributed by atoms with van der Waals surface area (Å²) in [5.41, 5.74) is 3.58. The number of nitrogens with one attached hydrogen (secondary N) is 1. The first-order valence-electron chi connectivity index (χ1n) is 13.4. The van der Waals surface area contributed by atoms with Gasteiger partial charge in [-0.1, -0.05) is 66.6 Å². The van der Waals surface area contributed by atoms with Gasteiger partial charge in [0.2, 0.25) is 11.8 Å². The third-order valence-corrected chi connectivity index (χ3v) is 9.00. The molecule has 0 saturated carbocycles. The number of anilines is 1. The maximum atomic E-state index is 14.2. The lowest BCUT2D eigenvalue weighted by atomic mass is 10.1. The zero-order chi connectivity index (χ0) is 29.6. The monoisotopic (exact) mass is 583 g/mol. The van der Waals surface area contributed by atoms with Crippen LogP contribution in [0.4, 0.5) is 5.69 Å². The molecule has 3 aromatic carbocycles. The van der Waals surface area contributed by atoms with Crippen LogP contribution in [0.25, 0.3) is 0 Å². The van der Waals surface area contributed by atoms with Crippen molar-refractivity contribution in [3.63, 3.8) is 0 Å². The lowest BCUT2D eigenvalue weighted by molar-refractivity contribution is -0.140. The second kappa shape index (κ2) is 13.3. The summed E-state index contributed by atoms with van der Waals surface area (Å²) in [5, 5.41) is 3.29. The highest BCUT2D eigenvalue weighted by Crippen LogP contribution is 2.31. The fourth-order valence-electron chi connectivity index (χ4n) is 4.49. The summed E-state index contributed by atoms with van der Waals surface area (Å²) in [7, 11) is -4.16. The predicted molar refractivity (Wildman–Crippen MR) is 161 cm³/mol. The van der Waals surface area contributed by atoms with Crippen molar-refractivity contribution in [2.75, 3.05) is 10.8 Å². The Morgan fingerprint density at radius 1 is 0.925 bits per heavy atom. The van der Waals surface area contributed by atoms with Gasteiger partial charge in [-0.25, -0.2) is 8.42 Å². The van der Waals surface area contributed by atoms with E-state index >= 15 is 0 Å². The van der Waals surface area contributed by atoms with Crippen LogP contribution in [0.3, 0.4) is 0 Å². The number of benzene rings is 3. The highest BCUT2D eigenvalue weighted by atomic mass is 35.5. The first kappa shape index (κ1) is 31.2. The van der Waals surface area contributed by atoms with E-state index < -0.39 is 28.5 Å². The number of nitrogens with zero attached hydrogens (tertiary/aromatic N) is 2. The molecule has 0 fully saturated rings. The lowest BCUT2D eigenvalue weighted by Crippen LogP contribution is -2.53. The van der Waals surface area contributed by atoms with E-state index in [1.54, 1.807) is 37.3 Å². The lowest BCUT2D eigenvalue weighted by Gasteiger charge is -2.34. The Bertz CT molecular complexity index is 1460. The molecule has 214 valence electrons. The van der Waals surface area contributed by atoms with Crippen LogP contribution in [0, 0.1) is 20.8 Å². The van der Waals surface area contributed by atoms with Crippen LogP contribution in [-0.2, 0) is 26.2 Å². The van der Waals surface area contributed by atoms with Crippen LogP contribution in [0.5, 0.6) is 0 Å². The minimum absolute atomic E-state index is 0.0559. The molecular weight excluding hydrogens is 546 g/mol. The van der Waals surface area contributed by atoms with Crippen LogP contribution >= 0.6 is 11.6 Å². The van der Waals surface area contributed by atoms with Crippen molar-refractivity contribution in [1.29, 1.82) is 0 Å². The molecule has 0 aliphatic heterocycles. The number of rotatable bonds is 11. The van der Waals surface area contributed by atoms with E-state index in [0.717, 1.165) is 21.0 Å². The Balaban J connectivity index is 2.12. The van der Waals surface area contributed by atoms with Gasteiger partial charge < -0.3 is 10.2 Å². The predicted octanol–water partition coefficient (Wildman–Crippen LogP) is 5.79. The van der Waals surface area contributed by atoms with E-state index in [1.807, 2.05) is 58.9 Å². The molecule has 0 spiro atoms. The second-order valence-electron chi connectivity index (χ2n) is 10.2. The highest BCUT2D eigenvalue weighted by molar-refractivity contribution is 7.92. The summed E-state index contributed by atoms with van der Waals surface area (Å²) >= 11 is 6.39. The Morgan fingerprint density at radius 2 is 1.57 bits per heavy atom. The van der Waals surface area contributed by atoms with Gasteiger partial charge in [-0.15, -0.1) is 0 Å². The molecule has 0 heterocycles. The molecule has 3 rings (SSSR count). The summed E-state index contributed by atoms with van der Waals surface area (Å²) in [4.78, 5) is 29.0. The highest BCUT2D eigenvalue weighted by Gasteiger charge is 2.34. The third-order valence-electron chi connectivity index (χ3n) is 6.81. The Morgan fingerprint density at radius 3 is 2.17 bits per heavy atom. The Hall–Kier alpha value is -3.36. The van der Waals surface area contributed by atoms with Gasteiger partial charge in [-0.05, 0) is 82.0 Å². The average Bonchev–Trinajstić information content (AvgIpc) is 2.89. The summed E-state index contributed by atoms with van der Waals surface area (Å²) in [6.45, 7) is 10.7. The molecule has 3 aromatic rings. The zero-order valence-electron chi connectivity index (χ0n) is 23.9. The number of hydrogen-bond acceptors (Lipinski definition) is 4. The van der Waals surface area contributed by atoms with Gasteiger partial charge in [-0.3, -0.25) is 13.9 Å². The first-order chi connectivity index (χ1) is 18.9. The normalized spacial score (nSPS) is 12.2. The van der Waals surface area contributed by atoms with Gasteiger partial charge >= 0.3 is 0 Å². The van der Waals surface area contributed by atoms with Gasteiger partial charge in [0.1, 0.15) is 12.6 Å². The van der Waals surface area contributed by atoms with Crippen molar-refractivity contribution in [2.45, 2.75) is 71.5 Å². The maximum Gasteiger partial charge on any atom is 0.264 e. The fourth-order valence-corrected chi connectivity index (χ4v) is 6.13. The Labute approximate surface area is 243 Å². The van der Waals surface area contributed by atoms with Crippen molar-refractivity contribution in [3.05, 3.63) is 94.0 Å². The standard InChI is InChI=1S/C31H38ClN3O4S/c1-7-28(31(37)33-21(2)3)34(19-25-12-9-8-11-23(25)5)30(36)20-35(29-14-10-13-27(32)24(29)6)40(38,39)26-17-15-22(4)16-18-26/h8-18,21,28H,7,19-20H2,1-6H3,(H,33,37)/t28-/m1/s1. The molecule has 0 aliphatic carbocycles. The summed E-state index contributed by atoms with van der Waals surface area (Å²) in [6.07, 6.45) is 0.358. The smallest absolute Gasteiger partial charge is 0.264 e. The first-order valence-corrected chi connectivity index (χ1v) is 15.2. The second-order valence-corrected chi connectivity index (χ2v) is 12.5. The number of carbonyl (C=O) groups excluding carboxylic acids is 2. The minimum Gasteiger partial charge on any atom is -0.352 e. The van der Waals surface area contributed by atoms with Crippen LogP contribution in [0.2, 0.25) is 5.02 Å². The van der Waals surface area contributed by atoms with E-state index in [4.69, 9.17) is 11.6 Å². The molecule has 2 amide bonds. The van der Waals surface area contributed by atoms with E-state index in [-0.39, 0.29) is 23.4 Å². The number of halogens is 1. The van der Waals surface area contributed by atoms with Gasteiger partial charge in [0, 0.05) is 17.6 Å². The number of carbonyl (C=O) groups is 2. The van der Waals surface area contributed by atoms with Crippen LogP contribution in [0.1, 0.15) is 49.4 Å². The van der Waals surface area contributed by atoms with Gasteiger partial charge in [0.05, 0.1) is 10.6 Å². The molecule has 0 aromatic heterocycles. The van der Waals surface area contributed by atoms with Crippen molar-refractivity contribution in [2.24, 2.45) is 0 Å². The molecule has 1 atom stereocenters. The molecule has 0 saturated heterocycles. The third kappa shape index (κ3) is 7.23. The molecule has 7 nitrogen and oxygen atoms in total. The molecule has 0 bridgehead atoms. The largest absolute Gasteiger partial charge is 0.352 e. The molecule has 0 radical (unpaired) electrons. The number of sulfonamides is 1. The van der Waals surface area contributed by atoms with Crippen molar-refractivity contribution < 1.29 is 18.0 Å². The van der Waals surface area contributed by atoms with Crippen molar-refractivity contribution in [3.8, 4) is 0 Å². The average molecular weight is 584 g/mol. The van der Waals surface area contributed by atoms with Crippen molar-refractivity contribution >= 4 is 39.1 Å². The van der Waals surface area contributed by atoms with Crippen LogP contribution in [-0.4, -0.2) is 43.8 Å². The molecule has 9 heteroatoms. The molecular formula is C31H38ClN3O4S. The van der Waals surface area contributed by atoms with E-state index in [2.05, 4.69) is 5.32 Å². The number of amides is 2. The summed E-state index contributed by atoms with van der Waals surface area (Å²) in [6, 6.07) is 18.2. The SMILES string of the molecule is CC[C@H](C(=O)NC(C)C)N(Cc1ccccc1C)C(=O)CN(c1cccc(Cl)c1C)S(=O)(=O)c1ccc(C)cc1. The van der Waals surface area contributed by atoms with E-state index in [1.165, 1.54) is 17.0 Å². The van der Waals surface area contributed by atoms with E-state index in [0.29, 0.717) is 22.7 Å². The Kier molecular flexibility index (Phi) is 10.4. The number of aryl methyl sites for hydroxylation is 2. The van der Waals surface area contributed by atoms with Crippen LogP contribution < -0.4 is 9.62 Å². The summed E-state index contributed by atoms with van der Waals surface area (Å²) < 4.78 is 29.2. The van der Waals surface area contributed by atoms with Crippen molar-refractivity contribution in [1.82, 2.24) is 10.2 Å². The molecule has 40 heavy (non-hydrogen) atoms. The zero-order valence-corrected chi connectivity index (χ0v) is 25.5. The molecule has 0 unspecified atom stereocenters. The summed E-state index contributed by atoms with van der Waals surface area (Å²) in [5.74, 6) is -0.782. The van der Waals surface area contributed by atoms with Gasteiger partial charge in [0.25, 0.3) is 10.0 Å². The van der Waals surface area contributed by atoms with Gasteiger partial charge in [-0.2, -0.15) is 0 Å². The maximum absolute atomic E-state index is 14.2. The molecule has 0 aliphatic rings. The minimum atomic E-state index is -4.16. The van der Waals surface area contributed by atoms with Gasteiger partial charge in [0.15, 0.2) is 0 Å². The quantitative estimate of drug-likeness (QED) is 0.309.